The number of nitrogen functional groups attached to an aromatic ring is 1. The van der Waals surface area contributed by atoms with Gasteiger partial charge in [0.1, 0.15) is 5.82 Å². The number of anilines is 1. The van der Waals surface area contributed by atoms with E-state index in [-0.39, 0.29) is 11.6 Å². The van der Waals surface area contributed by atoms with E-state index in [4.69, 9.17) is 5.73 Å². The molecule has 17 heavy (non-hydrogen) atoms. The van der Waals surface area contributed by atoms with E-state index in [1.807, 2.05) is 30.3 Å². The number of benzene rings is 1. The lowest BCUT2D eigenvalue weighted by atomic mass is 10.1. The van der Waals surface area contributed by atoms with Crippen LogP contribution >= 0.6 is 15.9 Å². The molecule has 4 heteroatoms. The fourth-order valence-corrected chi connectivity index (χ4v) is 2.13. The van der Waals surface area contributed by atoms with E-state index in [0.29, 0.717) is 5.56 Å². The van der Waals surface area contributed by atoms with E-state index in [9.17, 15) is 4.79 Å². The van der Waals surface area contributed by atoms with Crippen LogP contribution < -0.4 is 5.73 Å². The van der Waals surface area contributed by atoms with Gasteiger partial charge in [-0.25, -0.2) is 4.98 Å². The molecule has 0 amide bonds. The van der Waals surface area contributed by atoms with Crippen LogP contribution in [0.1, 0.15) is 17.3 Å². The molecule has 2 rings (SSSR count). The summed E-state index contributed by atoms with van der Waals surface area (Å²) in [5.74, 6) is 0.176. The maximum Gasteiger partial charge on any atom is 0.163 e. The van der Waals surface area contributed by atoms with Crippen LogP contribution in [0.2, 0.25) is 0 Å². The van der Waals surface area contributed by atoms with E-state index in [0.717, 1.165) is 15.7 Å². The van der Waals surface area contributed by atoms with Gasteiger partial charge in [0.15, 0.2) is 5.78 Å². The van der Waals surface area contributed by atoms with E-state index in [1.165, 1.54) is 6.92 Å². The molecule has 0 unspecified atom stereocenters. The number of aromatic nitrogens is 1. The van der Waals surface area contributed by atoms with Crippen molar-refractivity contribution in [2.24, 2.45) is 0 Å². The number of hydrogen-bond acceptors (Lipinski definition) is 3. The summed E-state index contributed by atoms with van der Waals surface area (Å²) in [5.41, 5.74) is 7.92. The first-order valence-electron chi connectivity index (χ1n) is 5.12. The zero-order valence-corrected chi connectivity index (χ0v) is 10.9. The Morgan fingerprint density at radius 2 is 1.94 bits per heavy atom. The number of Topliss-reactive ketones (excluding diaryl/α,β-unsaturated/α-hetero) is 1. The van der Waals surface area contributed by atoms with Gasteiger partial charge in [-0.1, -0.05) is 30.3 Å². The molecular weight excluding hydrogens is 280 g/mol. The van der Waals surface area contributed by atoms with Gasteiger partial charge in [-0.3, -0.25) is 4.79 Å². The number of pyridine rings is 1. The van der Waals surface area contributed by atoms with E-state index < -0.39 is 0 Å². The molecule has 0 aliphatic rings. The largest absolute Gasteiger partial charge is 0.383 e. The summed E-state index contributed by atoms with van der Waals surface area (Å²) in [6.07, 6.45) is 0. The topological polar surface area (TPSA) is 56.0 Å². The molecule has 2 N–H and O–H groups in total. The Labute approximate surface area is 108 Å². The van der Waals surface area contributed by atoms with Gasteiger partial charge in [0.25, 0.3) is 0 Å². The number of halogens is 1. The van der Waals surface area contributed by atoms with Crippen molar-refractivity contribution in [3.8, 4) is 11.3 Å². The van der Waals surface area contributed by atoms with Crippen LogP contribution in [0.25, 0.3) is 11.3 Å². The Hall–Kier alpha value is -1.68. The van der Waals surface area contributed by atoms with Gasteiger partial charge in [-0.05, 0) is 28.9 Å². The summed E-state index contributed by atoms with van der Waals surface area (Å²) in [6, 6.07) is 11.4. The third-order valence-corrected chi connectivity index (χ3v) is 3.04. The first kappa shape index (κ1) is 11.8. The van der Waals surface area contributed by atoms with Crippen molar-refractivity contribution in [3.63, 3.8) is 0 Å². The molecule has 0 aliphatic carbocycles. The Kier molecular flexibility index (Phi) is 3.24. The molecule has 0 saturated carbocycles. The van der Waals surface area contributed by atoms with Gasteiger partial charge in [-0.2, -0.15) is 0 Å². The van der Waals surface area contributed by atoms with E-state index in [1.54, 1.807) is 6.07 Å². The van der Waals surface area contributed by atoms with Crippen LogP contribution in [0.15, 0.2) is 40.9 Å². The van der Waals surface area contributed by atoms with Crippen molar-refractivity contribution in [1.29, 1.82) is 0 Å². The summed E-state index contributed by atoms with van der Waals surface area (Å²) in [4.78, 5) is 15.6. The third kappa shape index (κ3) is 2.36. The van der Waals surface area contributed by atoms with E-state index >= 15 is 0 Å². The molecule has 1 aromatic heterocycles. The monoisotopic (exact) mass is 290 g/mol. The van der Waals surface area contributed by atoms with Crippen LogP contribution in [0.4, 0.5) is 5.82 Å². The van der Waals surface area contributed by atoms with Gasteiger partial charge < -0.3 is 5.73 Å². The van der Waals surface area contributed by atoms with Gasteiger partial charge in [0, 0.05) is 10.0 Å². The fourth-order valence-electron chi connectivity index (χ4n) is 1.58. The number of nitrogens with two attached hydrogens (primary N) is 1. The molecule has 0 atom stereocenters. The molecule has 2 aromatic rings. The minimum Gasteiger partial charge on any atom is -0.383 e. The summed E-state index contributed by atoms with van der Waals surface area (Å²) in [7, 11) is 0. The highest BCUT2D eigenvalue weighted by molar-refractivity contribution is 9.10. The second-order valence-corrected chi connectivity index (χ2v) is 4.53. The van der Waals surface area contributed by atoms with Crippen molar-refractivity contribution < 1.29 is 4.79 Å². The first-order valence-corrected chi connectivity index (χ1v) is 5.91. The smallest absolute Gasteiger partial charge is 0.163 e. The normalized spacial score (nSPS) is 10.2. The molecule has 0 bridgehead atoms. The molecular formula is C13H11BrN2O. The summed E-state index contributed by atoms with van der Waals surface area (Å²) in [6.45, 7) is 1.47. The number of rotatable bonds is 2. The summed E-state index contributed by atoms with van der Waals surface area (Å²) in [5, 5.41) is 0. The van der Waals surface area contributed by atoms with Crippen LogP contribution in [-0.4, -0.2) is 10.8 Å². The highest BCUT2D eigenvalue weighted by Crippen LogP contribution is 2.29. The lowest BCUT2D eigenvalue weighted by molar-refractivity contribution is 0.101. The molecule has 86 valence electrons. The average Bonchev–Trinajstić information content (AvgIpc) is 2.32. The molecule has 1 heterocycles. The molecule has 0 aliphatic heterocycles. The number of hydrogen-bond donors (Lipinski definition) is 1. The number of carbonyl (C=O) groups is 1. The highest BCUT2D eigenvalue weighted by atomic mass is 79.9. The van der Waals surface area contributed by atoms with Gasteiger partial charge in [-0.15, -0.1) is 0 Å². The number of nitrogens with zero attached hydrogens (tertiary/aromatic N) is 1. The fraction of sp³-hybridized carbons (Fsp3) is 0.0769. The van der Waals surface area contributed by atoms with Crippen molar-refractivity contribution in [1.82, 2.24) is 4.98 Å². The summed E-state index contributed by atoms with van der Waals surface area (Å²) < 4.78 is 0.767. The van der Waals surface area contributed by atoms with Gasteiger partial charge in [0.2, 0.25) is 0 Å². The van der Waals surface area contributed by atoms with Crippen molar-refractivity contribution in [2.75, 3.05) is 5.73 Å². The predicted octanol–water partition coefficient (Wildman–Crippen LogP) is 3.30. The van der Waals surface area contributed by atoms with Crippen molar-refractivity contribution in [3.05, 3.63) is 46.4 Å². The summed E-state index contributed by atoms with van der Waals surface area (Å²) >= 11 is 3.42. The standard InChI is InChI=1S/C13H11BrN2O/c1-8(17)10-7-11(14)12(16-13(10)15)9-5-3-2-4-6-9/h2-7H,1H3,(H2,15,16). The van der Waals surface area contributed by atoms with Crippen LogP contribution in [0.5, 0.6) is 0 Å². The number of carbonyl (C=O) groups excluding carboxylic acids is 1. The molecule has 3 nitrogen and oxygen atoms in total. The maximum atomic E-state index is 11.3. The molecule has 1 aromatic carbocycles. The molecule has 0 saturated heterocycles. The zero-order chi connectivity index (χ0) is 12.4. The Balaban J connectivity index is 2.58. The third-order valence-electron chi connectivity index (χ3n) is 2.43. The maximum absolute atomic E-state index is 11.3. The van der Waals surface area contributed by atoms with Gasteiger partial charge >= 0.3 is 0 Å². The quantitative estimate of drug-likeness (QED) is 0.864. The molecule has 0 spiro atoms. The lowest BCUT2D eigenvalue weighted by Gasteiger charge is -2.08. The van der Waals surface area contributed by atoms with Crippen LogP contribution in [-0.2, 0) is 0 Å². The molecule has 0 fully saturated rings. The SMILES string of the molecule is CC(=O)c1cc(Br)c(-c2ccccc2)nc1N. The predicted molar refractivity (Wildman–Crippen MR) is 71.8 cm³/mol. The molecule has 0 radical (unpaired) electrons. The average molecular weight is 291 g/mol. The van der Waals surface area contributed by atoms with Crippen LogP contribution in [0, 0.1) is 0 Å². The van der Waals surface area contributed by atoms with Crippen LogP contribution in [0.3, 0.4) is 0 Å². The van der Waals surface area contributed by atoms with Crippen molar-refractivity contribution >= 4 is 27.5 Å². The Morgan fingerprint density at radius 1 is 1.29 bits per heavy atom. The minimum absolute atomic E-state index is 0.0877. The second kappa shape index (κ2) is 4.67. The Bertz CT molecular complexity index is 567. The first-order chi connectivity index (χ1) is 8.09. The lowest BCUT2D eigenvalue weighted by Crippen LogP contribution is -2.03. The number of ketones is 1. The van der Waals surface area contributed by atoms with E-state index in [2.05, 4.69) is 20.9 Å². The van der Waals surface area contributed by atoms with Crippen molar-refractivity contribution in [2.45, 2.75) is 6.92 Å². The second-order valence-electron chi connectivity index (χ2n) is 3.67. The Morgan fingerprint density at radius 3 is 2.53 bits per heavy atom. The highest BCUT2D eigenvalue weighted by Gasteiger charge is 2.12. The minimum atomic E-state index is -0.0877. The van der Waals surface area contributed by atoms with Gasteiger partial charge in [0.05, 0.1) is 11.3 Å². The zero-order valence-electron chi connectivity index (χ0n) is 9.27.